The minimum absolute atomic E-state index is 0.0378. The summed E-state index contributed by atoms with van der Waals surface area (Å²) in [6.45, 7) is 5.57. The van der Waals surface area contributed by atoms with E-state index in [4.69, 9.17) is 0 Å². The van der Waals surface area contributed by atoms with Gasteiger partial charge >= 0.3 is 0 Å². The van der Waals surface area contributed by atoms with Crippen molar-refractivity contribution in [3.8, 4) is 0 Å². The smallest absolute Gasteiger partial charge is 0.241 e. The Bertz CT molecular complexity index is 538. The fourth-order valence-electron chi connectivity index (χ4n) is 1.58. The van der Waals surface area contributed by atoms with Crippen LogP contribution in [0.2, 0.25) is 0 Å². The average molecular weight is 298 g/mol. The summed E-state index contributed by atoms with van der Waals surface area (Å²) in [5.74, 6) is -0.326. The molecule has 112 valence electrons. The molecule has 1 unspecified atom stereocenters. The summed E-state index contributed by atoms with van der Waals surface area (Å²) in [6, 6.07) is 6.68. The van der Waals surface area contributed by atoms with Crippen molar-refractivity contribution in [2.75, 3.05) is 6.54 Å². The van der Waals surface area contributed by atoms with Gasteiger partial charge in [-0.15, -0.1) is 0 Å². The molecule has 1 atom stereocenters. The van der Waals surface area contributed by atoms with Crippen LogP contribution in [0.15, 0.2) is 29.2 Å². The predicted molar refractivity (Wildman–Crippen MR) is 78.9 cm³/mol. The summed E-state index contributed by atoms with van der Waals surface area (Å²) in [4.78, 5) is 11.7. The second-order valence-electron chi connectivity index (χ2n) is 4.70. The van der Waals surface area contributed by atoms with Gasteiger partial charge in [0, 0.05) is 6.04 Å². The van der Waals surface area contributed by atoms with Gasteiger partial charge in [0.05, 0.1) is 11.4 Å². The normalized spacial score (nSPS) is 12.9. The van der Waals surface area contributed by atoms with Crippen molar-refractivity contribution in [2.24, 2.45) is 0 Å². The third kappa shape index (κ3) is 4.94. The van der Waals surface area contributed by atoms with Gasteiger partial charge in [-0.25, -0.2) is 13.1 Å². The quantitative estimate of drug-likeness (QED) is 0.800. The molecule has 1 aromatic rings. The Hall–Kier alpha value is -1.40. The van der Waals surface area contributed by atoms with Crippen LogP contribution in [0.3, 0.4) is 0 Å². The lowest BCUT2D eigenvalue weighted by atomic mass is 10.2. The van der Waals surface area contributed by atoms with E-state index < -0.39 is 10.0 Å². The molecule has 0 aliphatic carbocycles. The van der Waals surface area contributed by atoms with Gasteiger partial charge in [-0.3, -0.25) is 4.79 Å². The molecule has 1 rings (SSSR count). The third-order valence-corrected chi connectivity index (χ3v) is 4.50. The SMILES string of the molecule is CCc1ccc(S(=O)(=O)NCC(=O)NC(C)CC)cc1. The molecule has 1 aromatic carbocycles. The molecule has 0 saturated heterocycles. The zero-order valence-corrected chi connectivity index (χ0v) is 13.0. The Kier molecular flexibility index (Phi) is 6.16. The zero-order chi connectivity index (χ0) is 15.2. The summed E-state index contributed by atoms with van der Waals surface area (Å²) in [7, 11) is -3.63. The van der Waals surface area contributed by atoms with Crippen LogP contribution in [0, 0.1) is 0 Å². The van der Waals surface area contributed by atoms with Crippen molar-refractivity contribution >= 4 is 15.9 Å². The Morgan fingerprint density at radius 3 is 2.30 bits per heavy atom. The topological polar surface area (TPSA) is 75.3 Å². The molecular formula is C14H22N2O3S. The van der Waals surface area contributed by atoms with Gasteiger partial charge < -0.3 is 5.32 Å². The molecule has 0 spiro atoms. The fraction of sp³-hybridized carbons (Fsp3) is 0.500. The maximum atomic E-state index is 12.0. The highest BCUT2D eigenvalue weighted by Crippen LogP contribution is 2.10. The molecule has 0 radical (unpaired) electrons. The molecule has 0 bridgehead atoms. The van der Waals surface area contributed by atoms with Crippen LogP contribution < -0.4 is 10.0 Å². The molecule has 0 saturated carbocycles. The first-order chi connectivity index (χ1) is 9.39. The number of amides is 1. The second-order valence-corrected chi connectivity index (χ2v) is 6.47. The van der Waals surface area contributed by atoms with E-state index in [-0.39, 0.29) is 23.4 Å². The Morgan fingerprint density at radius 2 is 1.80 bits per heavy atom. The molecule has 2 N–H and O–H groups in total. The monoisotopic (exact) mass is 298 g/mol. The third-order valence-electron chi connectivity index (χ3n) is 3.08. The molecule has 0 aromatic heterocycles. The maximum Gasteiger partial charge on any atom is 0.241 e. The minimum Gasteiger partial charge on any atom is -0.353 e. The summed E-state index contributed by atoms with van der Waals surface area (Å²) in [5, 5.41) is 2.71. The molecule has 20 heavy (non-hydrogen) atoms. The number of carbonyl (C=O) groups excluding carboxylic acids is 1. The van der Waals surface area contributed by atoms with Crippen molar-refractivity contribution in [3.05, 3.63) is 29.8 Å². The average Bonchev–Trinajstić information content (AvgIpc) is 2.45. The predicted octanol–water partition coefficient (Wildman–Crippen LogP) is 1.44. The van der Waals surface area contributed by atoms with Gasteiger partial charge in [0.2, 0.25) is 15.9 Å². The van der Waals surface area contributed by atoms with Crippen LogP contribution in [0.4, 0.5) is 0 Å². The van der Waals surface area contributed by atoms with Crippen LogP contribution in [0.25, 0.3) is 0 Å². The maximum absolute atomic E-state index is 12.0. The van der Waals surface area contributed by atoms with Gasteiger partial charge in [0.15, 0.2) is 0 Å². The van der Waals surface area contributed by atoms with E-state index in [1.807, 2.05) is 20.8 Å². The fourth-order valence-corrected chi connectivity index (χ4v) is 2.56. The number of sulfonamides is 1. The second kappa shape index (κ2) is 7.40. The Labute approximate surface area is 120 Å². The molecular weight excluding hydrogens is 276 g/mol. The lowest BCUT2D eigenvalue weighted by Gasteiger charge is -2.12. The van der Waals surface area contributed by atoms with Crippen molar-refractivity contribution in [1.29, 1.82) is 0 Å². The summed E-state index contributed by atoms with van der Waals surface area (Å²) >= 11 is 0. The summed E-state index contributed by atoms with van der Waals surface area (Å²) < 4.78 is 26.3. The molecule has 6 heteroatoms. The molecule has 1 amide bonds. The van der Waals surface area contributed by atoms with E-state index in [0.29, 0.717) is 0 Å². The van der Waals surface area contributed by atoms with Gasteiger partial charge in [-0.1, -0.05) is 26.0 Å². The summed E-state index contributed by atoms with van der Waals surface area (Å²) in [6.07, 6.45) is 1.65. The molecule has 0 fully saturated rings. The van der Waals surface area contributed by atoms with Crippen molar-refractivity contribution in [1.82, 2.24) is 10.0 Å². The van der Waals surface area contributed by atoms with Gasteiger partial charge in [0.25, 0.3) is 0 Å². The lowest BCUT2D eigenvalue weighted by molar-refractivity contribution is -0.120. The zero-order valence-electron chi connectivity index (χ0n) is 12.1. The minimum atomic E-state index is -3.63. The van der Waals surface area contributed by atoms with E-state index >= 15 is 0 Å². The van der Waals surface area contributed by atoms with Crippen LogP contribution in [-0.4, -0.2) is 26.9 Å². The van der Waals surface area contributed by atoms with Crippen LogP contribution in [-0.2, 0) is 21.2 Å². The number of hydrogen-bond acceptors (Lipinski definition) is 3. The van der Waals surface area contributed by atoms with Crippen molar-refractivity contribution in [3.63, 3.8) is 0 Å². The van der Waals surface area contributed by atoms with E-state index in [1.165, 1.54) is 0 Å². The highest BCUT2D eigenvalue weighted by atomic mass is 32.2. The van der Waals surface area contributed by atoms with Gasteiger partial charge in [-0.2, -0.15) is 0 Å². The molecule has 0 aliphatic heterocycles. The Balaban J connectivity index is 2.63. The number of benzene rings is 1. The number of rotatable bonds is 7. The van der Waals surface area contributed by atoms with Crippen LogP contribution >= 0.6 is 0 Å². The lowest BCUT2D eigenvalue weighted by Crippen LogP contribution is -2.40. The first-order valence-electron chi connectivity index (χ1n) is 6.77. The van der Waals surface area contributed by atoms with Gasteiger partial charge in [-0.05, 0) is 37.5 Å². The highest BCUT2D eigenvalue weighted by Gasteiger charge is 2.15. The summed E-state index contributed by atoms with van der Waals surface area (Å²) in [5.41, 5.74) is 1.07. The number of aryl methyl sites for hydroxylation is 1. The van der Waals surface area contributed by atoms with E-state index in [1.54, 1.807) is 24.3 Å². The standard InChI is InChI=1S/C14H22N2O3S/c1-4-11(3)16-14(17)10-15-20(18,19)13-8-6-12(5-2)7-9-13/h6-9,11,15H,4-5,10H2,1-3H3,(H,16,17). The van der Waals surface area contributed by atoms with Gasteiger partial charge in [0.1, 0.15) is 0 Å². The molecule has 5 nitrogen and oxygen atoms in total. The van der Waals surface area contributed by atoms with Crippen LogP contribution in [0.5, 0.6) is 0 Å². The number of nitrogens with one attached hydrogen (secondary N) is 2. The van der Waals surface area contributed by atoms with E-state index in [2.05, 4.69) is 10.0 Å². The number of carbonyl (C=O) groups is 1. The van der Waals surface area contributed by atoms with E-state index in [0.717, 1.165) is 18.4 Å². The molecule has 0 aliphatic rings. The van der Waals surface area contributed by atoms with Crippen molar-refractivity contribution in [2.45, 2.75) is 44.6 Å². The van der Waals surface area contributed by atoms with Crippen LogP contribution in [0.1, 0.15) is 32.8 Å². The Morgan fingerprint density at radius 1 is 1.20 bits per heavy atom. The first kappa shape index (κ1) is 16.7. The largest absolute Gasteiger partial charge is 0.353 e. The highest BCUT2D eigenvalue weighted by molar-refractivity contribution is 7.89. The first-order valence-corrected chi connectivity index (χ1v) is 8.25. The van der Waals surface area contributed by atoms with Crippen molar-refractivity contribution < 1.29 is 13.2 Å². The number of hydrogen-bond donors (Lipinski definition) is 2. The van der Waals surface area contributed by atoms with E-state index in [9.17, 15) is 13.2 Å². The molecule has 0 heterocycles.